The first-order chi connectivity index (χ1) is 13.4. The Hall–Kier alpha value is -2.58. The van der Waals surface area contributed by atoms with Gasteiger partial charge in [-0.25, -0.2) is 13.1 Å². The second kappa shape index (κ2) is 10.1. The number of benzene rings is 2. The summed E-state index contributed by atoms with van der Waals surface area (Å²) in [6, 6.07) is 13.5. The zero-order valence-corrected chi connectivity index (χ0v) is 17.2. The fraction of sp³-hybridized carbons (Fsp3) is 0.350. The van der Waals surface area contributed by atoms with Crippen LogP contribution in [-0.4, -0.2) is 46.5 Å². The number of hydrogen-bond acceptors (Lipinski definition) is 5. The molecule has 0 saturated heterocycles. The van der Waals surface area contributed by atoms with E-state index < -0.39 is 10.0 Å². The third kappa shape index (κ3) is 6.24. The van der Waals surface area contributed by atoms with Crippen molar-refractivity contribution in [2.75, 3.05) is 27.3 Å². The number of amides is 1. The van der Waals surface area contributed by atoms with E-state index in [0.717, 1.165) is 11.3 Å². The summed E-state index contributed by atoms with van der Waals surface area (Å²) in [6.45, 7) is 2.59. The summed E-state index contributed by atoms with van der Waals surface area (Å²) in [6.07, 6.45) is 0.715. The van der Waals surface area contributed by atoms with Gasteiger partial charge < -0.3 is 14.4 Å². The molecule has 2 aromatic carbocycles. The molecular formula is C20H26N2O5S. The number of methoxy groups -OCH3 is 1. The smallest absolute Gasteiger partial charge is 0.260 e. The second-order valence-corrected chi connectivity index (χ2v) is 8.02. The van der Waals surface area contributed by atoms with Crippen molar-refractivity contribution in [1.29, 1.82) is 0 Å². The van der Waals surface area contributed by atoms with E-state index in [9.17, 15) is 13.2 Å². The van der Waals surface area contributed by atoms with Gasteiger partial charge in [-0.3, -0.25) is 4.79 Å². The van der Waals surface area contributed by atoms with Crippen LogP contribution in [0.3, 0.4) is 0 Å². The molecule has 0 bridgehead atoms. The van der Waals surface area contributed by atoms with E-state index in [1.54, 1.807) is 19.1 Å². The molecule has 0 atom stereocenters. The van der Waals surface area contributed by atoms with Gasteiger partial charge in [-0.05, 0) is 48.4 Å². The standard InChI is InChI=1S/C20H26N2O5S/c1-4-13-21-28(24,25)19-11-9-18(10-12-19)27-15-20(23)22(2)14-16-5-7-17(26-3)8-6-16/h5-12,21H,4,13-15H2,1-3H3. The molecule has 28 heavy (non-hydrogen) atoms. The molecule has 2 rings (SSSR count). The van der Waals surface area contributed by atoms with Gasteiger partial charge in [0.25, 0.3) is 5.91 Å². The fourth-order valence-corrected chi connectivity index (χ4v) is 3.52. The van der Waals surface area contributed by atoms with Crippen LogP contribution in [0.4, 0.5) is 0 Å². The van der Waals surface area contributed by atoms with E-state index in [-0.39, 0.29) is 17.4 Å². The van der Waals surface area contributed by atoms with Crippen LogP contribution in [0, 0.1) is 0 Å². The Labute approximate surface area is 166 Å². The Balaban J connectivity index is 1.87. The van der Waals surface area contributed by atoms with Gasteiger partial charge in [0.1, 0.15) is 11.5 Å². The zero-order chi connectivity index (χ0) is 20.6. The van der Waals surface area contributed by atoms with E-state index in [1.165, 1.54) is 24.3 Å². The first-order valence-electron chi connectivity index (χ1n) is 8.95. The van der Waals surface area contributed by atoms with Crippen LogP contribution in [-0.2, 0) is 21.4 Å². The Bertz CT molecular complexity index is 864. The van der Waals surface area contributed by atoms with Crippen LogP contribution in [0.15, 0.2) is 53.4 Å². The molecule has 0 aliphatic heterocycles. The molecule has 1 N–H and O–H groups in total. The number of sulfonamides is 1. The maximum atomic E-state index is 12.3. The summed E-state index contributed by atoms with van der Waals surface area (Å²) in [4.78, 5) is 14.0. The average Bonchev–Trinajstić information content (AvgIpc) is 2.71. The molecule has 7 nitrogen and oxygen atoms in total. The van der Waals surface area contributed by atoms with Crippen LogP contribution >= 0.6 is 0 Å². The van der Waals surface area contributed by atoms with Crippen molar-refractivity contribution < 1.29 is 22.7 Å². The predicted octanol–water partition coefficient (Wildman–Crippen LogP) is 2.42. The summed E-state index contributed by atoms with van der Waals surface area (Å²) >= 11 is 0. The second-order valence-electron chi connectivity index (χ2n) is 6.26. The molecule has 1 amide bonds. The number of hydrogen-bond donors (Lipinski definition) is 1. The van der Waals surface area contributed by atoms with E-state index in [2.05, 4.69) is 4.72 Å². The Morgan fingerprint density at radius 3 is 2.21 bits per heavy atom. The molecule has 0 aliphatic carbocycles. The summed E-state index contributed by atoms with van der Waals surface area (Å²) in [5, 5.41) is 0. The largest absolute Gasteiger partial charge is 0.497 e. The lowest BCUT2D eigenvalue weighted by atomic mass is 10.2. The Morgan fingerprint density at radius 1 is 1.04 bits per heavy atom. The molecule has 0 saturated carbocycles. The van der Waals surface area contributed by atoms with Crippen molar-refractivity contribution in [3.05, 3.63) is 54.1 Å². The van der Waals surface area contributed by atoms with Crippen LogP contribution in [0.2, 0.25) is 0 Å². The number of nitrogens with zero attached hydrogens (tertiary/aromatic N) is 1. The van der Waals surface area contributed by atoms with Gasteiger partial charge >= 0.3 is 0 Å². The maximum Gasteiger partial charge on any atom is 0.260 e. The zero-order valence-electron chi connectivity index (χ0n) is 16.3. The van der Waals surface area contributed by atoms with Crippen LogP contribution in [0.5, 0.6) is 11.5 Å². The average molecular weight is 407 g/mol. The summed E-state index contributed by atoms with van der Waals surface area (Å²) in [5.41, 5.74) is 0.978. The summed E-state index contributed by atoms with van der Waals surface area (Å²) in [7, 11) is -0.211. The number of likely N-dealkylation sites (N-methyl/N-ethyl adjacent to an activating group) is 1. The van der Waals surface area contributed by atoms with Gasteiger partial charge in [-0.15, -0.1) is 0 Å². The van der Waals surface area contributed by atoms with Gasteiger partial charge in [0.2, 0.25) is 10.0 Å². The van der Waals surface area contributed by atoms with Crippen LogP contribution in [0.1, 0.15) is 18.9 Å². The van der Waals surface area contributed by atoms with Crippen molar-refractivity contribution in [3.8, 4) is 11.5 Å². The van der Waals surface area contributed by atoms with E-state index in [1.807, 2.05) is 31.2 Å². The lowest BCUT2D eigenvalue weighted by Gasteiger charge is -2.18. The van der Waals surface area contributed by atoms with Crippen molar-refractivity contribution in [2.24, 2.45) is 0 Å². The van der Waals surface area contributed by atoms with Crippen molar-refractivity contribution in [2.45, 2.75) is 24.8 Å². The van der Waals surface area contributed by atoms with Gasteiger partial charge in [-0.2, -0.15) is 0 Å². The minimum absolute atomic E-state index is 0.132. The van der Waals surface area contributed by atoms with Crippen molar-refractivity contribution >= 4 is 15.9 Å². The third-order valence-electron chi connectivity index (χ3n) is 4.04. The maximum absolute atomic E-state index is 12.3. The van der Waals surface area contributed by atoms with Gasteiger partial charge in [0, 0.05) is 20.1 Å². The normalized spacial score (nSPS) is 11.1. The Morgan fingerprint density at radius 2 is 1.64 bits per heavy atom. The molecule has 2 aromatic rings. The first kappa shape index (κ1) is 21.7. The van der Waals surface area contributed by atoms with E-state index in [4.69, 9.17) is 9.47 Å². The SMILES string of the molecule is CCCNS(=O)(=O)c1ccc(OCC(=O)N(C)Cc2ccc(OC)cc2)cc1. The molecule has 8 heteroatoms. The third-order valence-corrected chi connectivity index (χ3v) is 5.52. The minimum Gasteiger partial charge on any atom is -0.497 e. The molecule has 152 valence electrons. The summed E-state index contributed by atoms with van der Waals surface area (Å²) < 4.78 is 37.2. The number of carbonyl (C=O) groups excluding carboxylic acids is 1. The highest BCUT2D eigenvalue weighted by molar-refractivity contribution is 7.89. The van der Waals surface area contributed by atoms with E-state index >= 15 is 0 Å². The van der Waals surface area contributed by atoms with Gasteiger partial charge in [-0.1, -0.05) is 19.1 Å². The molecule has 0 aliphatic rings. The van der Waals surface area contributed by atoms with Crippen molar-refractivity contribution in [1.82, 2.24) is 9.62 Å². The van der Waals surface area contributed by atoms with E-state index in [0.29, 0.717) is 25.3 Å². The molecule has 0 fully saturated rings. The highest BCUT2D eigenvalue weighted by Crippen LogP contribution is 2.16. The van der Waals surface area contributed by atoms with Crippen LogP contribution < -0.4 is 14.2 Å². The van der Waals surface area contributed by atoms with Gasteiger partial charge in [0.05, 0.1) is 12.0 Å². The minimum atomic E-state index is -3.51. The predicted molar refractivity (Wildman–Crippen MR) is 107 cm³/mol. The number of nitrogens with one attached hydrogen (secondary N) is 1. The number of ether oxygens (including phenoxy) is 2. The lowest BCUT2D eigenvalue weighted by Crippen LogP contribution is -2.30. The fourth-order valence-electron chi connectivity index (χ4n) is 2.38. The molecule has 0 radical (unpaired) electrons. The number of carbonyl (C=O) groups is 1. The highest BCUT2D eigenvalue weighted by atomic mass is 32.2. The first-order valence-corrected chi connectivity index (χ1v) is 10.4. The topological polar surface area (TPSA) is 84.9 Å². The highest BCUT2D eigenvalue weighted by Gasteiger charge is 2.14. The molecule has 0 aromatic heterocycles. The van der Waals surface area contributed by atoms with Crippen molar-refractivity contribution in [3.63, 3.8) is 0 Å². The van der Waals surface area contributed by atoms with Crippen LogP contribution in [0.25, 0.3) is 0 Å². The number of rotatable bonds is 10. The van der Waals surface area contributed by atoms with Gasteiger partial charge in [0.15, 0.2) is 6.61 Å². The quantitative estimate of drug-likeness (QED) is 0.655. The molecule has 0 heterocycles. The Kier molecular flexibility index (Phi) is 7.83. The lowest BCUT2D eigenvalue weighted by molar-refractivity contribution is -0.132. The molecular weight excluding hydrogens is 380 g/mol. The molecule has 0 spiro atoms. The summed E-state index contributed by atoms with van der Waals surface area (Å²) in [5.74, 6) is 1.01. The monoisotopic (exact) mass is 406 g/mol. The molecule has 0 unspecified atom stereocenters.